The maximum Gasteiger partial charge on any atom is 0.160 e. The highest BCUT2D eigenvalue weighted by Gasteiger charge is 2.17. The first kappa shape index (κ1) is 14.8. The van der Waals surface area contributed by atoms with E-state index in [0.717, 1.165) is 11.3 Å². The fraction of sp³-hybridized carbons (Fsp3) is 0.385. The normalized spacial score (nSPS) is 12.2. The number of rotatable bonds is 5. The lowest BCUT2D eigenvalue weighted by molar-refractivity contribution is 0.354. The Kier molecular flexibility index (Phi) is 4.61. The van der Waals surface area contributed by atoms with E-state index in [2.05, 4.69) is 26.2 Å². The SMILES string of the molecule is COc1ccc(CC(N)c2c(Br)nnn2C)cc1OC. The van der Waals surface area contributed by atoms with Crippen molar-refractivity contribution in [1.82, 2.24) is 15.0 Å². The molecule has 0 aliphatic heterocycles. The van der Waals surface area contributed by atoms with Crippen LogP contribution in [0.3, 0.4) is 0 Å². The van der Waals surface area contributed by atoms with Gasteiger partial charge < -0.3 is 15.2 Å². The van der Waals surface area contributed by atoms with Crippen molar-refractivity contribution in [2.45, 2.75) is 12.5 Å². The van der Waals surface area contributed by atoms with Gasteiger partial charge in [-0.05, 0) is 40.0 Å². The van der Waals surface area contributed by atoms with E-state index in [-0.39, 0.29) is 6.04 Å². The largest absolute Gasteiger partial charge is 0.493 e. The predicted molar refractivity (Wildman–Crippen MR) is 78.9 cm³/mol. The van der Waals surface area contributed by atoms with E-state index in [1.54, 1.807) is 18.9 Å². The van der Waals surface area contributed by atoms with Gasteiger partial charge in [0.25, 0.3) is 0 Å². The lowest BCUT2D eigenvalue weighted by Gasteiger charge is -2.14. The lowest BCUT2D eigenvalue weighted by atomic mass is 10.0. The van der Waals surface area contributed by atoms with Crippen molar-refractivity contribution in [3.05, 3.63) is 34.1 Å². The van der Waals surface area contributed by atoms with Crippen molar-refractivity contribution in [3.8, 4) is 11.5 Å². The molecule has 0 fully saturated rings. The van der Waals surface area contributed by atoms with Gasteiger partial charge in [0.2, 0.25) is 0 Å². The van der Waals surface area contributed by atoms with Crippen LogP contribution in [0, 0.1) is 0 Å². The summed E-state index contributed by atoms with van der Waals surface area (Å²) in [7, 11) is 5.05. The Hall–Kier alpha value is -1.60. The first-order valence-electron chi connectivity index (χ1n) is 6.08. The highest BCUT2D eigenvalue weighted by molar-refractivity contribution is 9.10. The molecule has 2 aromatic rings. The Morgan fingerprint density at radius 2 is 2.00 bits per heavy atom. The summed E-state index contributed by atoms with van der Waals surface area (Å²) in [4.78, 5) is 0. The highest BCUT2D eigenvalue weighted by atomic mass is 79.9. The molecule has 1 aromatic carbocycles. The van der Waals surface area contributed by atoms with Crippen LogP contribution in [0.2, 0.25) is 0 Å². The molecule has 20 heavy (non-hydrogen) atoms. The second-order valence-electron chi connectivity index (χ2n) is 4.39. The van der Waals surface area contributed by atoms with Crippen LogP contribution in [0.1, 0.15) is 17.3 Å². The molecule has 1 atom stereocenters. The van der Waals surface area contributed by atoms with Gasteiger partial charge in [-0.25, -0.2) is 4.68 Å². The van der Waals surface area contributed by atoms with E-state index in [1.807, 2.05) is 25.2 Å². The molecule has 1 unspecified atom stereocenters. The fourth-order valence-electron chi connectivity index (χ4n) is 2.09. The molecular weight excluding hydrogens is 324 g/mol. The Balaban J connectivity index is 2.22. The maximum atomic E-state index is 6.23. The van der Waals surface area contributed by atoms with Crippen molar-refractivity contribution < 1.29 is 9.47 Å². The number of aromatic nitrogens is 3. The van der Waals surface area contributed by atoms with E-state index >= 15 is 0 Å². The summed E-state index contributed by atoms with van der Waals surface area (Å²) in [5.74, 6) is 1.40. The zero-order valence-electron chi connectivity index (χ0n) is 11.6. The maximum absolute atomic E-state index is 6.23. The third kappa shape index (κ3) is 2.94. The molecule has 0 saturated carbocycles. The van der Waals surface area contributed by atoms with Gasteiger partial charge in [0.15, 0.2) is 16.1 Å². The fourth-order valence-corrected chi connectivity index (χ4v) is 2.71. The average molecular weight is 341 g/mol. The zero-order chi connectivity index (χ0) is 14.7. The van der Waals surface area contributed by atoms with Crippen molar-refractivity contribution in [1.29, 1.82) is 0 Å². The number of hydrogen-bond acceptors (Lipinski definition) is 5. The molecule has 1 aromatic heterocycles. The van der Waals surface area contributed by atoms with Crippen LogP contribution in [0.5, 0.6) is 11.5 Å². The van der Waals surface area contributed by atoms with E-state index in [4.69, 9.17) is 15.2 Å². The average Bonchev–Trinajstić information content (AvgIpc) is 2.78. The molecular formula is C13H17BrN4O2. The van der Waals surface area contributed by atoms with Gasteiger partial charge in [-0.3, -0.25) is 0 Å². The van der Waals surface area contributed by atoms with Crippen LogP contribution < -0.4 is 15.2 Å². The molecule has 108 valence electrons. The first-order valence-corrected chi connectivity index (χ1v) is 6.87. The minimum absolute atomic E-state index is 0.206. The first-order chi connectivity index (χ1) is 9.56. The molecule has 2 N–H and O–H groups in total. The van der Waals surface area contributed by atoms with Crippen LogP contribution in [-0.2, 0) is 13.5 Å². The van der Waals surface area contributed by atoms with Crippen LogP contribution in [0.25, 0.3) is 0 Å². The summed E-state index contributed by atoms with van der Waals surface area (Å²) in [6.07, 6.45) is 0.653. The second kappa shape index (κ2) is 6.23. The molecule has 0 aliphatic rings. The predicted octanol–water partition coefficient (Wildman–Crippen LogP) is 1.84. The Bertz CT molecular complexity index is 581. The van der Waals surface area contributed by atoms with Gasteiger partial charge in [0, 0.05) is 7.05 Å². The smallest absolute Gasteiger partial charge is 0.160 e. The summed E-state index contributed by atoms with van der Waals surface area (Å²) in [5, 5.41) is 7.88. The number of nitrogens with two attached hydrogens (primary N) is 1. The van der Waals surface area contributed by atoms with E-state index in [9.17, 15) is 0 Å². The molecule has 6 nitrogen and oxygen atoms in total. The summed E-state index contributed by atoms with van der Waals surface area (Å²) in [6, 6.07) is 5.56. The standard InChI is InChI=1S/C13H17BrN4O2/c1-18-12(13(14)16-17-18)9(15)6-8-4-5-10(19-2)11(7-8)20-3/h4-5,7,9H,6,15H2,1-3H3. The van der Waals surface area contributed by atoms with Gasteiger partial charge in [0.1, 0.15) is 0 Å². The van der Waals surface area contributed by atoms with Crippen LogP contribution in [-0.4, -0.2) is 29.2 Å². The summed E-state index contributed by atoms with van der Waals surface area (Å²) >= 11 is 3.36. The molecule has 0 bridgehead atoms. The monoisotopic (exact) mass is 340 g/mol. The third-order valence-electron chi connectivity index (χ3n) is 3.08. The van der Waals surface area contributed by atoms with Gasteiger partial charge in [-0.1, -0.05) is 11.3 Å². The van der Waals surface area contributed by atoms with Crippen molar-refractivity contribution in [2.75, 3.05) is 14.2 Å². The molecule has 7 heteroatoms. The summed E-state index contributed by atoms with van der Waals surface area (Å²) in [6.45, 7) is 0. The van der Waals surface area contributed by atoms with Gasteiger partial charge in [-0.15, -0.1) is 5.10 Å². The number of methoxy groups -OCH3 is 2. The molecule has 2 rings (SSSR count). The Labute approximate surface area is 126 Å². The molecule has 0 aliphatic carbocycles. The molecule has 0 amide bonds. The third-order valence-corrected chi connectivity index (χ3v) is 3.65. The number of nitrogens with zero attached hydrogens (tertiary/aromatic N) is 3. The quantitative estimate of drug-likeness (QED) is 0.898. The van der Waals surface area contributed by atoms with E-state index in [1.165, 1.54) is 0 Å². The highest BCUT2D eigenvalue weighted by Crippen LogP contribution is 2.29. The van der Waals surface area contributed by atoms with Crippen LogP contribution >= 0.6 is 15.9 Å². The molecule has 0 saturated heterocycles. The Morgan fingerprint density at radius 1 is 1.30 bits per heavy atom. The number of benzene rings is 1. The topological polar surface area (TPSA) is 75.2 Å². The number of aryl methyl sites for hydroxylation is 1. The van der Waals surface area contributed by atoms with Gasteiger partial charge in [-0.2, -0.15) is 0 Å². The summed E-state index contributed by atoms with van der Waals surface area (Å²) < 4.78 is 12.9. The van der Waals surface area contributed by atoms with Gasteiger partial charge >= 0.3 is 0 Å². The van der Waals surface area contributed by atoms with E-state index in [0.29, 0.717) is 22.5 Å². The zero-order valence-corrected chi connectivity index (χ0v) is 13.2. The number of hydrogen-bond donors (Lipinski definition) is 1. The summed E-state index contributed by atoms with van der Waals surface area (Å²) in [5.41, 5.74) is 8.15. The minimum atomic E-state index is -0.206. The number of ether oxygens (including phenoxy) is 2. The van der Waals surface area contributed by atoms with Crippen molar-refractivity contribution >= 4 is 15.9 Å². The molecule has 0 radical (unpaired) electrons. The second-order valence-corrected chi connectivity index (χ2v) is 5.14. The van der Waals surface area contributed by atoms with Crippen molar-refractivity contribution in [3.63, 3.8) is 0 Å². The van der Waals surface area contributed by atoms with Crippen LogP contribution in [0.4, 0.5) is 0 Å². The molecule has 0 spiro atoms. The minimum Gasteiger partial charge on any atom is -0.493 e. The number of halogens is 1. The Morgan fingerprint density at radius 3 is 2.55 bits per heavy atom. The lowest BCUT2D eigenvalue weighted by Crippen LogP contribution is -2.17. The van der Waals surface area contributed by atoms with Crippen LogP contribution in [0.15, 0.2) is 22.8 Å². The van der Waals surface area contributed by atoms with E-state index < -0.39 is 0 Å². The molecule has 1 heterocycles. The van der Waals surface area contributed by atoms with Gasteiger partial charge in [0.05, 0.1) is 26.0 Å². The van der Waals surface area contributed by atoms with Crippen molar-refractivity contribution in [2.24, 2.45) is 12.8 Å².